The molecule has 0 aliphatic rings. The first-order valence-corrected chi connectivity index (χ1v) is 9.96. The van der Waals surface area contributed by atoms with Gasteiger partial charge in [-0.1, -0.05) is 6.07 Å². The van der Waals surface area contributed by atoms with Gasteiger partial charge in [0.1, 0.15) is 0 Å². The van der Waals surface area contributed by atoms with E-state index in [1.807, 2.05) is 12.1 Å². The molecular weight excluding hydrogens is 546 g/mol. The molecule has 144 valence electrons. The first-order chi connectivity index (χ1) is 12.6. The summed E-state index contributed by atoms with van der Waals surface area (Å²) in [5, 5.41) is 0. The van der Waals surface area contributed by atoms with Crippen molar-refractivity contribution in [2.45, 2.75) is 0 Å². The Morgan fingerprint density at radius 3 is 1.74 bits per heavy atom. The van der Waals surface area contributed by atoms with Crippen LogP contribution in [0.15, 0.2) is 82.8 Å². The summed E-state index contributed by atoms with van der Waals surface area (Å²) in [5.41, 5.74) is 0.00759. The molecule has 3 heterocycles. The Morgan fingerprint density at radius 1 is 0.704 bits per heavy atom. The minimum Gasteiger partial charge on any atom is -0.319 e. The fourth-order valence-corrected chi connectivity index (χ4v) is 3.51. The lowest BCUT2D eigenvalue weighted by Gasteiger charge is -1.97. The first kappa shape index (κ1) is 23.3. The highest BCUT2D eigenvalue weighted by atomic mass is 79.9. The summed E-state index contributed by atoms with van der Waals surface area (Å²) in [6.45, 7) is 0. The van der Waals surface area contributed by atoms with Gasteiger partial charge in [-0.2, -0.15) is 0 Å². The van der Waals surface area contributed by atoms with Crippen molar-refractivity contribution in [3.63, 3.8) is 0 Å². The van der Waals surface area contributed by atoms with E-state index in [1.165, 1.54) is 19.8 Å². The molecule has 0 spiro atoms. The van der Waals surface area contributed by atoms with Gasteiger partial charge < -0.3 is 13.7 Å². The van der Waals surface area contributed by atoms with Crippen molar-refractivity contribution in [2.24, 2.45) is 21.1 Å². The van der Waals surface area contributed by atoms with Crippen molar-refractivity contribution in [1.29, 1.82) is 0 Å². The molecule has 0 radical (unpaired) electrons. The maximum Gasteiger partial charge on any atom is 0.264 e. The molecule has 0 bridgehead atoms. The zero-order valence-electron chi connectivity index (χ0n) is 14.9. The average Bonchev–Trinajstić information content (AvgIpc) is 2.61. The lowest BCUT2D eigenvalue weighted by Crippen LogP contribution is -2.15. The van der Waals surface area contributed by atoms with Crippen LogP contribution in [0, 0.1) is 0 Å². The van der Waals surface area contributed by atoms with Gasteiger partial charge in [0, 0.05) is 50.3 Å². The molecule has 0 aliphatic carbocycles. The van der Waals surface area contributed by atoms with Crippen LogP contribution < -0.4 is 16.7 Å². The zero-order valence-corrected chi connectivity index (χ0v) is 19.7. The largest absolute Gasteiger partial charge is 0.319 e. The van der Waals surface area contributed by atoms with E-state index in [0.29, 0.717) is 8.95 Å². The Kier molecular flexibility index (Phi) is 9.68. The Labute approximate surface area is 181 Å². The fourth-order valence-electron chi connectivity index (χ4n) is 1.70. The Bertz CT molecular complexity index is 1020. The lowest BCUT2D eigenvalue weighted by atomic mass is 10.5. The summed E-state index contributed by atoms with van der Waals surface area (Å²) in [6.07, 6.45) is 5.16. The number of nitrogens with zero attached hydrogens (tertiary/aromatic N) is 3. The van der Waals surface area contributed by atoms with Crippen LogP contribution in [0.1, 0.15) is 0 Å². The topological polar surface area (TPSA) is 66.0 Å². The highest BCUT2D eigenvalue weighted by Gasteiger charge is 1.97. The van der Waals surface area contributed by atoms with Gasteiger partial charge in [0.05, 0.1) is 8.95 Å². The molecule has 27 heavy (non-hydrogen) atoms. The molecule has 6 nitrogen and oxygen atoms in total. The van der Waals surface area contributed by atoms with Gasteiger partial charge >= 0.3 is 0 Å². The smallest absolute Gasteiger partial charge is 0.264 e. The molecule has 0 fully saturated rings. The minimum absolute atomic E-state index is 0.00231. The van der Waals surface area contributed by atoms with Crippen molar-refractivity contribution in [2.75, 3.05) is 0 Å². The Morgan fingerprint density at radius 2 is 1.30 bits per heavy atom. The molecule has 0 atom stereocenters. The van der Waals surface area contributed by atoms with Crippen LogP contribution in [0.3, 0.4) is 0 Å². The number of halogens is 3. The normalized spacial score (nSPS) is 9.56. The van der Waals surface area contributed by atoms with E-state index >= 15 is 0 Å². The molecule has 0 saturated heterocycles. The van der Waals surface area contributed by atoms with Crippen LogP contribution in [0.25, 0.3) is 0 Å². The molecule has 9 heteroatoms. The second kappa shape index (κ2) is 11.2. The number of hydrogen-bond acceptors (Lipinski definition) is 3. The highest BCUT2D eigenvalue weighted by Crippen LogP contribution is 2.11. The van der Waals surface area contributed by atoms with Gasteiger partial charge in [0.15, 0.2) is 0 Å². The van der Waals surface area contributed by atoms with Crippen LogP contribution in [0.5, 0.6) is 0 Å². The molecule has 3 aromatic rings. The van der Waals surface area contributed by atoms with Crippen molar-refractivity contribution in [1.82, 2.24) is 13.7 Å². The summed E-state index contributed by atoms with van der Waals surface area (Å²) < 4.78 is 6.62. The number of aromatic nitrogens is 3. The average molecular weight is 564 g/mol. The van der Waals surface area contributed by atoms with Crippen molar-refractivity contribution in [3.05, 3.63) is 99.5 Å². The number of aryl methyl sites for hydroxylation is 3. The summed E-state index contributed by atoms with van der Waals surface area (Å²) in [7, 11) is 5.15. The maximum absolute atomic E-state index is 11.0. The van der Waals surface area contributed by atoms with Crippen LogP contribution in [0.4, 0.5) is 0 Å². The van der Waals surface area contributed by atoms with E-state index in [0.717, 1.165) is 4.47 Å². The monoisotopic (exact) mass is 561 g/mol. The number of pyridine rings is 3. The standard InChI is InChI=1S/C6H5Br2NO.C6H6BrNO.C6H7NO/c1-9-3-4(7)2-5(8)6(9)10;1-8-4-2-3-5(7)6(8)9;1-7-5-3-2-4-6(7)8/h2-3H,1H3;2-4H,1H3;2-5H,1H3. The van der Waals surface area contributed by atoms with Crippen LogP contribution >= 0.6 is 47.8 Å². The van der Waals surface area contributed by atoms with E-state index in [2.05, 4.69) is 47.8 Å². The number of rotatable bonds is 0. The summed E-state index contributed by atoms with van der Waals surface area (Å²) >= 11 is 9.50. The van der Waals surface area contributed by atoms with Crippen molar-refractivity contribution < 1.29 is 0 Å². The molecule has 0 unspecified atom stereocenters. The Hall–Kier alpha value is -1.71. The van der Waals surface area contributed by atoms with E-state index in [-0.39, 0.29) is 16.7 Å². The second-order valence-corrected chi connectivity index (χ2v) is 7.97. The number of hydrogen-bond donors (Lipinski definition) is 0. The van der Waals surface area contributed by atoms with Gasteiger partial charge in [-0.15, -0.1) is 0 Å². The summed E-state index contributed by atoms with van der Waals surface area (Å²) in [4.78, 5) is 32.5. The highest BCUT2D eigenvalue weighted by molar-refractivity contribution is 9.11. The predicted molar refractivity (Wildman–Crippen MR) is 118 cm³/mol. The van der Waals surface area contributed by atoms with Gasteiger partial charge in [-0.25, -0.2) is 0 Å². The van der Waals surface area contributed by atoms with E-state index < -0.39 is 0 Å². The van der Waals surface area contributed by atoms with Crippen LogP contribution in [-0.2, 0) is 21.1 Å². The third-order valence-corrected chi connectivity index (χ3v) is 4.80. The summed E-state index contributed by atoms with van der Waals surface area (Å²) in [5.74, 6) is 0. The molecule has 0 amide bonds. The van der Waals surface area contributed by atoms with Gasteiger partial charge in [0.2, 0.25) is 5.56 Å². The SMILES string of the molecule is Cn1cc(Br)cc(Br)c1=O.Cn1cccc(Br)c1=O.Cn1ccccc1=O. The fraction of sp³-hybridized carbons (Fsp3) is 0.167. The van der Waals surface area contributed by atoms with Crippen LogP contribution in [0.2, 0.25) is 0 Å². The van der Waals surface area contributed by atoms with Gasteiger partial charge in [-0.3, -0.25) is 14.4 Å². The van der Waals surface area contributed by atoms with Gasteiger partial charge in [-0.05, 0) is 72.1 Å². The molecule has 0 aromatic carbocycles. The second-order valence-electron chi connectivity index (χ2n) is 5.34. The van der Waals surface area contributed by atoms with E-state index in [9.17, 15) is 14.4 Å². The van der Waals surface area contributed by atoms with E-state index in [1.54, 1.807) is 57.9 Å². The molecular formula is C18H18Br3N3O3. The molecule has 3 rings (SSSR count). The zero-order chi connectivity index (χ0) is 20.6. The third-order valence-electron chi connectivity index (χ3n) is 3.19. The minimum atomic E-state index is -0.0248. The van der Waals surface area contributed by atoms with E-state index in [4.69, 9.17) is 0 Å². The predicted octanol–water partition coefficient (Wildman–Crippen LogP) is 3.44. The molecule has 0 N–H and O–H groups in total. The van der Waals surface area contributed by atoms with Crippen molar-refractivity contribution in [3.8, 4) is 0 Å². The summed E-state index contributed by atoms with van der Waals surface area (Å²) in [6, 6.07) is 10.3. The molecule has 0 aliphatic heterocycles. The van der Waals surface area contributed by atoms with Crippen LogP contribution in [-0.4, -0.2) is 13.7 Å². The quantitative estimate of drug-likeness (QED) is 0.421. The molecule has 3 aromatic heterocycles. The van der Waals surface area contributed by atoms with Gasteiger partial charge in [0.25, 0.3) is 11.1 Å². The maximum atomic E-state index is 11.0. The third kappa shape index (κ3) is 7.82. The lowest BCUT2D eigenvalue weighted by molar-refractivity contribution is 0.848. The molecule has 0 saturated carbocycles. The van der Waals surface area contributed by atoms with Crippen molar-refractivity contribution >= 4 is 47.8 Å². The first-order valence-electron chi connectivity index (χ1n) is 7.58. The Balaban J connectivity index is 0.000000204.